The number of carbonyl (C=O) groups excluding carboxylic acids is 1. The first kappa shape index (κ1) is 14.6. The monoisotopic (exact) mass is 320 g/mol. The van der Waals surface area contributed by atoms with Gasteiger partial charge in [-0.15, -0.1) is 0 Å². The van der Waals surface area contributed by atoms with Crippen molar-refractivity contribution in [1.29, 1.82) is 0 Å². The lowest BCUT2D eigenvalue weighted by Crippen LogP contribution is -2.43. The molecule has 0 aliphatic carbocycles. The number of para-hydroxylation sites is 2. The second kappa shape index (κ2) is 6.23. The first-order chi connectivity index (χ1) is 10.6. The highest BCUT2D eigenvalue weighted by molar-refractivity contribution is 7.80. The summed E-state index contributed by atoms with van der Waals surface area (Å²) in [6.45, 7) is 2.64. The Morgan fingerprint density at radius 3 is 2.95 bits per heavy atom. The summed E-state index contributed by atoms with van der Waals surface area (Å²) in [6, 6.07) is 7.41. The van der Waals surface area contributed by atoms with E-state index in [1.165, 1.54) is 0 Å². The maximum atomic E-state index is 12.1. The Bertz CT molecular complexity index is 644. The normalized spacial score (nSPS) is 20.0. The third-order valence-electron chi connectivity index (χ3n) is 3.39. The van der Waals surface area contributed by atoms with E-state index in [1.54, 1.807) is 6.92 Å². The van der Waals surface area contributed by atoms with Crippen LogP contribution in [0.4, 0.5) is 0 Å². The van der Waals surface area contributed by atoms with Gasteiger partial charge < -0.3 is 24.8 Å². The number of nitrogens with one attached hydrogen (secondary N) is 2. The van der Waals surface area contributed by atoms with Gasteiger partial charge in [0.1, 0.15) is 13.2 Å². The first-order valence-electron chi connectivity index (χ1n) is 6.93. The van der Waals surface area contributed by atoms with Crippen molar-refractivity contribution >= 4 is 23.3 Å². The summed E-state index contributed by atoms with van der Waals surface area (Å²) in [4.78, 5) is 12.1. The summed E-state index contributed by atoms with van der Waals surface area (Å²) < 4.78 is 16.6. The molecule has 3 rings (SSSR count). The molecular formula is C15H16N2O4S. The van der Waals surface area contributed by atoms with Crippen molar-refractivity contribution in [2.24, 2.45) is 0 Å². The standard InChI is InChI=1S/C15H16N2O4S/c1-9-11(6-16-15(22)17-9)14(18)20-8-10-7-19-12-4-2-3-5-13(12)21-10/h2-5,10H,6-8H2,1H3,(H2,16,17,22). The Balaban J connectivity index is 1.56. The Labute approximate surface area is 133 Å². The molecule has 2 aliphatic heterocycles. The molecule has 2 aliphatic rings. The molecule has 116 valence electrons. The highest BCUT2D eigenvalue weighted by Crippen LogP contribution is 2.30. The number of thiocarbonyl (C=S) groups is 1. The zero-order valence-corrected chi connectivity index (χ0v) is 12.9. The average molecular weight is 320 g/mol. The molecule has 1 atom stereocenters. The molecule has 2 heterocycles. The number of esters is 1. The highest BCUT2D eigenvalue weighted by Gasteiger charge is 2.24. The van der Waals surface area contributed by atoms with Crippen molar-refractivity contribution in [2.45, 2.75) is 13.0 Å². The molecule has 1 aromatic carbocycles. The summed E-state index contributed by atoms with van der Waals surface area (Å²) >= 11 is 4.98. The molecule has 1 aromatic rings. The van der Waals surface area contributed by atoms with Crippen LogP contribution in [0, 0.1) is 0 Å². The zero-order chi connectivity index (χ0) is 15.5. The topological polar surface area (TPSA) is 68.8 Å². The van der Waals surface area contributed by atoms with Crippen LogP contribution >= 0.6 is 12.2 Å². The predicted octanol–water partition coefficient (Wildman–Crippen LogP) is 1.12. The Morgan fingerprint density at radius 1 is 1.41 bits per heavy atom. The maximum absolute atomic E-state index is 12.1. The van der Waals surface area contributed by atoms with Gasteiger partial charge in [0.15, 0.2) is 22.7 Å². The lowest BCUT2D eigenvalue weighted by atomic mass is 10.2. The minimum absolute atomic E-state index is 0.133. The van der Waals surface area contributed by atoms with E-state index in [1.807, 2.05) is 24.3 Å². The second-order valence-corrected chi connectivity index (χ2v) is 5.42. The number of allylic oxidation sites excluding steroid dienone is 1. The minimum atomic E-state index is -0.387. The van der Waals surface area contributed by atoms with Crippen LogP contribution in [0.25, 0.3) is 0 Å². The molecule has 0 saturated carbocycles. The van der Waals surface area contributed by atoms with Gasteiger partial charge in [-0.2, -0.15) is 0 Å². The van der Waals surface area contributed by atoms with Crippen molar-refractivity contribution in [3.8, 4) is 11.5 Å². The van der Waals surface area contributed by atoms with Gasteiger partial charge in [0, 0.05) is 5.70 Å². The quantitative estimate of drug-likeness (QED) is 0.639. The molecule has 2 N–H and O–H groups in total. The van der Waals surface area contributed by atoms with Gasteiger partial charge in [-0.25, -0.2) is 4.79 Å². The van der Waals surface area contributed by atoms with E-state index in [0.717, 1.165) is 0 Å². The third-order valence-corrected chi connectivity index (χ3v) is 3.64. The number of hydrogen-bond acceptors (Lipinski definition) is 5. The Hall–Kier alpha value is -2.28. The van der Waals surface area contributed by atoms with Crippen LogP contribution in [0.1, 0.15) is 6.92 Å². The summed E-state index contributed by atoms with van der Waals surface area (Å²) in [5, 5.41) is 6.31. The van der Waals surface area contributed by atoms with Crippen molar-refractivity contribution in [3.63, 3.8) is 0 Å². The van der Waals surface area contributed by atoms with Crippen LogP contribution in [-0.4, -0.2) is 36.9 Å². The Kier molecular flexibility index (Phi) is 4.15. The van der Waals surface area contributed by atoms with Gasteiger partial charge in [-0.05, 0) is 31.3 Å². The van der Waals surface area contributed by atoms with Crippen LogP contribution in [-0.2, 0) is 9.53 Å². The molecular weight excluding hydrogens is 304 g/mol. The summed E-state index contributed by atoms with van der Waals surface area (Å²) in [5.74, 6) is 0.983. The number of rotatable bonds is 3. The molecule has 1 unspecified atom stereocenters. The summed E-state index contributed by atoms with van der Waals surface area (Å²) in [5.41, 5.74) is 1.24. The van der Waals surface area contributed by atoms with Crippen molar-refractivity contribution < 1.29 is 19.0 Å². The SMILES string of the molecule is CC1=C(C(=O)OCC2COc3ccccc3O2)CNC(=S)N1. The molecule has 0 radical (unpaired) electrons. The van der Waals surface area contributed by atoms with Gasteiger partial charge in [0.25, 0.3) is 0 Å². The minimum Gasteiger partial charge on any atom is -0.486 e. The number of hydrogen-bond donors (Lipinski definition) is 2. The summed E-state index contributed by atoms with van der Waals surface area (Å²) in [7, 11) is 0. The van der Waals surface area contributed by atoms with Crippen LogP contribution in [0.2, 0.25) is 0 Å². The average Bonchev–Trinajstić information content (AvgIpc) is 2.52. The van der Waals surface area contributed by atoms with Crippen LogP contribution in [0.5, 0.6) is 11.5 Å². The zero-order valence-electron chi connectivity index (χ0n) is 12.0. The van der Waals surface area contributed by atoms with Gasteiger partial charge in [0.05, 0.1) is 12.1 Å². The fourth-order valence-corrected chi connectivity index (χ4v) is 2.44. The smallest absolute Gasteiger partial charge is 0.337 e. The first-order valence-corrected chi connectivity index (χ1v) is 7.34. The second-order valence-electron chi connectivity index (χ2n) is 5.01. The van der Waals surface area contributed by atoms with E-state index in [2.05, 4.69) is 10.6 Å². The molecule has 0 fully saturated rings. The molecule has 22 heavy (non-hydrogen) atoms. The number of benzene rings is 1. The van der Waals surface area contributed by atoms with Crippen LogP contribution in [0.3, 0.4) is 0 Å². The Morgan fingerprint density at radius 2 is 2.18 bits per heavy atom. The highest BCUT2D eigenvalue weighted by atomic mass is 32.1. The van der Waals surface area contributed by atoms with Gasteiger partial charge >= 0.3 is 5.97 Å². The largest absolute Gasteiger partial charge is 0.486 e. The fourth-order valence-electron chi connectivity index (χ4n) is 2.22. The van der Waals surface area contributed by atoms with E-state index >= 15 is 0 Å². The molecule has 0 aromatic heterocycles. The molecule has 6 nitrogen and oxygen atoms in total. The number of fused-ring (bicyclic) bond motifs is 1. The lowest BCUT2D eigenvalue weighted by molar-refractivity contribution is -0.142. The molecule has 0 bridgehead atoms. The molecule has 0 saturated heterocycles. The summed E-state index contributed by atoms with van der Waals surface area (Å²) in [6.07, 6.45) is -0.314. The van der Waals surface area contributed by atoms with E-state index in [4.69, 9.17) is 26.4 Å². The van der Waals surface area contributed by atoms with Gasteiger partial charge in [0.2, 0.25) is 0 Å². The van der Waals surface area contributed by atoms with E-state index in [0.29, 0.717) is 41.0 Å². The molecule has 7 heteroatoms. The van der Waals surface area contributed by atoms with Crippen molar-refractivity contribution in [2.75, 3.05) is 19.8 Å². The third kappa shape index (κ3) is 3.14. The van der Waals surface area contributed by atoms with Crippen LogP contribution in [0.15, 0.2) is 35.5 Å². The lowest BCUT2D eigenvalue weighted by Gasteiger charge is -2.26. The van der Waals surface area contributed by atoms with Gasteiger partial charge in [-0.3, -0.25) is 0 Å². The predicted molar refractivity (Wildman–Crippen MR) is 83.7 cm³/mol. The van der Waals surface area contributed by atoms with E-state index in [9.17, 15) is 4.79 Å². The number of carbonyl (C=O) groups is 1. The molecule has 0 spiro atoms. The van der Waals surface area contributed by atoms with Crippen molar-refractivity contribution in [1.82, 2.24) is 10.6 Å². The van der Waals surface area contributed by atoms with Gasteiger partial charge in [-0.1, -0.05) is 12.1 Å². The van der Waals surface area contributed by atoms with E-state index < -0.39 is 0 Å². The fraction of sp³-hybridized carbons (Fsp3) is 0.333. The van der Waals surface area contributed by atoms with E-state index in [-0.39, 0.29) is 18.7 Å². The van der Waals surface area contributed by atoms with Crippen LogP contribution < -0.4 is 20.1 Å². The van der Waals surface area contributed by atoms with Crippen molar-refractivity contribution in [3.05, 3.63) is 35.5 Å². The molecule has 0 amide bonds. The number of ether oxygens (including phenoxy) is 3. The maximum Gasteiger partial charge on any atom is 0.337 e.